The number of hydrogen-bond acceptors (Lipinski definition) is 12. The van der Waals surface area contributed by atoms with Crippen molar-refractivity contribution in [2.24, 2.45) is 0 Å². The van der Waals surface area contributed by atoms with E-state index in [1.807, 2.05) is 23.6 Å². The fourth-order valence-corrected chi connectivity index (χ4v) is 7.71. The standard InChI is InChI=1S/2C19H22FN3O4.Pt/c2*1-10-8-22(6-5-21-10)16-14(20)7-12-15(18(16)27-2)23(11-3-4-11)9-13(17(12)24)19(25)26;/h2*7,9-11,21H,3-6,8H2,1-2H3,(H,25,26);/q;;+2/p-2. The Morgan fingerprint density at radius 2 is 1.07 bits per heavy atom. The van der Waals surface area contributed by atoms with Gasteiger partial charge in [-0.25, -0.2) is 8.78 Å². The molecule has 4 fully saturated rings. The number of fused-ring (bicyclic) bond motifs is 2. The van der Waals surface area contributed by atoms with Gasteiger partial charge in [-0.3, -0.25) is 9.59 Å². The zero-order valence-electron chi connectivity index (χ0n) is 30.8. The molecule has 14 nitrogen and oxygen atoms in total. The van der Waals surface area contributed by atoms with E-state index in [1.165, 1.54) is 26.6 Å². The van der Waals surface area contributed by atoms with E-state index in [-0.39, 0.29) is 67.5 Å². The van der Waals surface area contributed by atoms with Crippen molar-refractivity contribution in [1.82, 2.24) is 19.8 Å². The molecule has 2 aromatic heterocycles. The zero-order valence-corrected chi connectivity index (χ0v) is 33.1. The molecule has 0 bridgehead atoms. The third-order valence-electron chi connectivity index (χ3n) is 10.5. The molecule has 4 aromatic rings. The summed E-state index contributed by atoms with van der Waals surface area (Å²) >= 11 is 0. The normalized spacial score (nSPS) is 19.7. The van der Waals surface area contributed by atoms with Crippen LogP contribution in [-0.2, 0) is 21.1 Å². The van der Waals surface area contributed by atoms with Gasteiger partial charge in [-0.2, -0.15) is 0 Å². The van der Waals surface area contributed by atoms with E-state index in [4.69, 9.17) is 9.47 Å². The fourth-order valence-electron chi connectivity index (χ4n) is 7.71. The Morgan fingerprint density at radius 1 is 0.709 bits per heavy atom. The SMILES string of the molecule is COc1c(N2CCNC(C)C2)c(F)cc2c(=O)c(C(=O)[O-])cn(C3CC3)c12.COc1c(N2CCNC(C)C2)c(F)cc2c(=O)c(C(=O)[O-])cn(C3CC3)c12.[Pt+2]. The number of piperazine rings is 2. The second-order valence-electron chi connectivity index (χ2n) is 14.5. The van der Waals surface area contributed by atoms with Gasteiger partial charge in [0.2, 0.25) is 0 Å². The first kappa shape index (κ1) is 40.1. The first-order valence-corrected chi connectivity index (χ1v) is 18.1. The van der Waals surface area contributed by atoms with Crippen molar-refractivity contribution in [3.05, 3.63) is 67.7 Å². The molecule has 296 valence electrons. The largest absolute Gasteiger partial charge is 2.00 e. The molecule has 2 aliphatic heterocycles. The molecule has 17 heteroatoms. The second kappa shape index (κ2) is 15.9. The smallest absolute Gasteiger partial charge is 0.545 e. The van der Waals surface area contributed by atoms with Gasteiger partial charge in [-0.05, 0) is 51.7 Å². The Hall–Kier alpha value is -4.53. The van der Waals surface area contributed by atoms with Gasteiger partial charge in [-0.1, -0.05) is 0 Å². The Bertz CT molecular complexity index is 2130. The topological polar surface area (TPSA) is 173 Å². The number of nitrogens with one attached hydrogen (secondary N) is 2. The number of carboxylic acid groups (broad SMARTS) is 2. The number of halogens is 2. The quantitative estimate of drug-likeness (QED) is 0.260. The molecule has 0 spiro atoms. The number of carbonyl (C=O) groups excluding carboxylic acids is 2. The fraction of sp³-hybridized carbons (Fsp3) is 0.474. The number of ether oxygens (including phenoxy) is 2. The molecule has 2 saturated carbocycles. The molecule has 2 atom stereocenters. The maximum absolute atomic E-state index is 15.1. The van der Waals surface area contributed by atoms with Crippen molar-refractivity contribution in [2.45, 2.75) is 63.7 Å². The van der Waals surface area contributed by atoms with Gasteiger partial charge in [0, 0.05) is 75.8 Å². The molecular weight excluding hydrogens is 902 g/mol. The number of nitrogens with zero attached hydrogens (tertiary/aromatic N) is 4. The summed E-state index contributed by atoms with van der Waals surface area (Å²) in [5.74, 6) is -3.76. The number of hydrogen-bond donors (Lipinski definition) is 2. The van der Waals surface area contributed by atoms with Crippen molar-refractivity contribution in [3.8, 4) is 11.5 Å². The minimum Gasteiger partial charge on any atom is -0.545 e. The summed E-state index contributed by atoms with van der Waals surface area (Å²) in [6, 6.07) is 2.77. The first-order chi connectivity index (χ1) is 25.8. The summed E-state index contributed by atoms with van der Waals surface area (Å²) in [5.41, 5.74) is -0.908. The molecule has 0 radical (unpaired) electrons. The summed E-state index contributed by atoms with van der Waals surface area (Å²) in [5, 5.41) is 29.4. The number of pyridine rings is 2. The van der Waals surface area contributed by atoms with Crippen molar-refractivity contribution >= 4 is 45.1 Å². The monoisotopic (exact) mass is 943 g/mol. The number of rotatable bonds is 8. The van der Waals surface area contributed by atoms with Crippen LogP contribution >= 0.6 is 0 Å². The van der Waals surface area contributed by atoms with Crippen molar-refractivity contribution in [2.75, 3.05) is 63.3 Å². The molecule has 2 saturated heterocycles. The average Bonchev–Trinajstić information content (AvgIpc) is 4.06. The zero-order chi connectivity index (χ0) is 38.6. The maximum atomic E-state index is 15.1. The molecule has 2 N–H and O–H groups in total. The summed E-state index contributed by atoms with van der Waals surface area (Å²) < 4.78 is 44.8. The molecule has 4 aliphatic rings. The van der Waals surface area contributed by atoms with Crippen LogP contribution in [0.15, 0.2) is 34.1 Å². The molecule has 4 heterocycles. The van der Waals surface area contributed by atoms with Crippen LogP contribution in [0.2, 0.25) is 0 Å². The summed E-state index contributed by atoms with van der Waals surface area (Å²) in [6.07, 6.45) is 6.08. The minimum absolute atomic E-state index is 0. The number of aromatic nitrogens is 2. The van der Waals surface area contributed by atoms with Crippen LogP contribution in [0.5, 0.6) is 11.5 Å². The molecule has 55 heavy (non-hydrogen) atoms. The predicted octanol–water partition coefficient (Wildman–Crippen LogP) is 1.29. The number of carbonyl (C=O) groups is 2. The molecule has 0 amide bonds. The first-order valence-electron chi connectivity index (χ1n) is 18.1. The predicted molar refractivity (Wildman–Crippen MR) is 194 cm³/mol. The van der Waals surface area contributed by atoms with Crippen LogP contribution in [0, 0.1) is 11.6 Å². The third-order valence-corrected chi connectivity index (χ3v) is 10.5. The third kappa shape index (κ3) is 7.55. The Balaban J connectivity index is 0.000000184. The minimum atomic E-state index is -1.56. The van der Waals surface area contributed by atoms with Gasteiger partial charge >= 0.3 is 21.1 Å². The molecule has 8 rings (SSSR count). The van der Waals surface area contributed by atoms with Gasteiger partial charge in [0.1, 0.15) is 11.4 Å². The van der Waals surface area contributed by atoms with E-state index in [9.17, 15) is 29.4 Å². The number of benzene rings is 2. The van der Waals surface area contributed by atoms with Crippen LogP contribution in [0.25, 0.3) is 21.8 Å². The number of anilines is 2. The Kier molecular flexibility index (Phi) is 11.6. The molecular formula is C38H42F2N6O8Pt. The van der Waals surface area contributed by atoms with E-state index in [2.05, 4.69) is 10.6 Å². The number of carboxylic acids is 2. The van der Waals surface area contributed by atoms with Crippen molar-refractivity contribution < 1.29 is 59.1 Å². The Labute approximate surface area is 329 Å². The number of methoxy groups -OCH3 is 2. The van der Waals surface area contributed by atoms with E-state index >= 15 is 8.78 Å². The van der Waals surface area contributed by atoms with Gasteiger partial charge in [0.05, 0.1) is 59.1 Å². The van der Waals surface area contributed by atoms with Crippen LogP contribution in [0.3, 0.4) is 0 Å². The second-order valence-corrected chi connectivity index (χ2v) is 14.5. The summed E-state index contributed by atoms with van der Waals surface area (Å²) in [4.78, 5) is 51.9. The van der Waals surface area contributed by atoms with E-state index in [0.29, 0.717) is 61.7 Å². The molecule has 2 aromatic carbocycles. The summed E-state index contributed by atoms with van der Waals surface area (Å²) in [6.45, 7) is 7.87. The van der Waals surface area contributed by atoms with Crippen LogP contribution < -0.4 is 51.0 Å². The molecule has 2 aliphatic carbocycles. The summed E-state index contributed by atoms with van der Waals surface area (Å²) in [7, 11) is 2.88. The van der Waals surface area contributed by atoms with Crippen molar-refractivity contribution in [3.63, 3.8) is 0 Å². The Morgan fingerprint density at radius 3 is 1.36 bits per heavy atom. The van der Waals surface area contributed by atoms with Crippen molar-refractivity contribution in [1.29, 1.82) is 0 Å². The average molecular weight is 944 g/mol. The molecule has 2 unspecified atom stereocenters. The van der Waals surface area contributed by atoms with Gasteiger partial charge < -0.3 is 58.8 Å². The van der Waals surface area contributed by atoms with Crippen LogP contribution in [0.1, 0.15) is 72.3 Å². The van der Waals surface area contributed by atoms with Crippen LogP contribution in [0.4, 0.5) is 20.2 Å². The van der Waals surface area contributed by atoms with E-state index in [1.54, 1.807) is 9.13 Å². The van der Waals surface area contributed by atoms with Gasteiger partial charge in [0.25, 0.3) is 0 Å². The maximum Gasteiger partial charge on any atom is 2.00 e. The number of aromatic carboxylic acids is 2. The van der Waals surface area contributed by atoms with E-state index in [0.717, 1.165) is 37.8 Å². The van der Waals surface area contributed by atoms with Gasteiger partial charge in [0.15, 0.2) is 34.0 Å². The van der Waals surface area contributed by atoms with Gasteiger partial charge in [-0.15, -0.1) is 0 Å². The van der Waals surface area contributed by atoms with E-state index < -0.39 is 45.6 Å². The van der Waals surface area contributed by atoms with Crippen LogP contribution in [-0.4, -0.2) is 86.6 Å².